The number of carbonyl (C=O) groups excluding carboxylic acids is 2. The molecule has 0 N–H and O–H groups in total. The number of benzene rings is 2. The minimum absolute atomic E-state index is 0.108. The second-order valence-electron chi connectivity index (χ2n) is 6.29. The summed E-state index contributed by atoms with van der Waals surface area (Å²) in [6.45, 7) is 1.70. The summed E-state index contributed by atoms with van der Waals surface area (Å²) >= 11 is 3.34. The summed E-state index contributed by atoms with van der Waals surface area (Å²) < 4.78 is 17.5. The highest BCUT2D eigenvalue weighted by atomic mass is 79.9. The van der Waals surface area contributed by atoms with Crippen molar-refractivity contribution in [1.29, 1.82) is 0 Å². The number of rotatable bonds is 5. The molecular formula is C22H15BrO5. The van der Waals surface area contributed by atoms with E-state index in [1.807, 2.05) is 0 Å². The number of allylic oxidation sites excluding steroid dienone is 1. The third-order valence-electron chi connectivity index (χ3n) is 4.30. The van der Waals surface area contributed by atoms with Gasteiger partial charge in [-0.25, -0.2) is 0 Å². The van der Waals surface area contributed by atoms with Gasteiger partial charge in [0.1, 0.15) is 17.3 Å². The molecule has 1 aliphatic heterocycles. The van der Waals surface area contributed by atoms with E-state index in [1.54, 1.807) is 61.5 Å². The third-order valence-corrected chi connectivity index (χ3v) is 4.82. The highest BCUT2D eigenvalue weighted by molar-refractivity contribution is 9.10. The summed E-state index contributed by atoms with van der Waals surface area (Å²) in [4.78, 5) is 24.9. The molecule has 0 atom stereocenters. The molecule has 0 fully saturated rings. The van der Waals surface area contributed by atoms with Gasteiger partial charge < -0.3 is 13.9 Å². The van der Waals surface area contributed by atoms with Gasteiger partial charge in [-0.3, -0.25) is 9.59 Å². The van der Waals surface area contributed by atoms with Crippen LogP contribution in [-0.4, -0.2) is 18.2 Å². The fourth-order valence-electron chi connectivity index (χ4n) is 2.93. The number of ketones is 2. The first kappa shape index (κ1) is 18.3. The van der Waals surface area contributed by atoms with Gasteiger partial charge in [-0.2, -0.15) is 0 Å². The van der Waals surface area contributed by atoms with Crippen LogP contribution in [0.4, 0.5) is 0 Å². The Bertz CT molecular complexity index is 1080. The van der Waals surface area contributed by atoms with E-state index in [1.165, 1.54) is 6.26 Å². The highest BCUT2D eigenvalue weighted by Crippen LogP contribution is 2.37. The monoisotopic (exact) mass is 438 g/mol. The fraction of sp³-hybridized carbons (Fsp3) is 0.0909. The van der Waals surface area contributed by atoms with Gasteiger partial charge in [0.15, 0.2) is 18.1 Å². The molecule has 0 unspecified atom stereocenters. The Morgan fingerprint density at radius 2 is 1.96 bits per heavy atom. The molecule has 0 radical (unpaired) electrons. The van der Waals surface area contributed by atoms with Crippen LogP contribution in [0.3, 0.4) is 0 Å². The van der Waals surface area contributed by atoms with Crippen molar-refractivity contribution in [2.45, 2.75) is 6.92 Å². The first-order chi connectivity index (χ1) is 13.5. The van der Waals surface area contributed by atoms with E-state index < -0.39 is 0 Å². The van der Waals surface area contributed by atoms with Crippen molar-refractivity contribution in [2.24, 2.45) is 0 Å². The van der Waals surface area contributed by atoms with Gasteiger partial charge in [0.2, 0.25) is 5.78 Å². The number of Topliss-reactive ketones (excluding diaryl/α,β-unsaturated/α-hetero) is 2. The molecule has 0 amide bonds. The van der Waals surface area contributed by atoms with Crippen molar-refractivity contribution in [3.63, 3.8) is 0 Å². The SMILES string of the molecule is Cc1cc(OCC(=O)c2ccc(Br)cc2)cc2c1C(=O)/C(=C/c1ccco1)O2. The molecule has 5 nitrogen and oxygen atoms in total. The lowest BCUT2D eigenvalue weighted by molar-refractivity contribution is 0.0920. The van der Waals surface area contributed by atoms with Gasteiger partial charge in [-0.05, 0) is 42.8 Å². The molecule has 140 valence electrons. The van der Waals surface area contributed by atoms with Gasteiger partial charge in [-0.15, -0.1) is 0 Å². The summed E-state index contributed by atoms with van der Waals surface area (Å²) in [5.41, 5.74) is 1.78. The summed E-state index contributed by atoms with van der Waals surface area (Å²) in [7, 11) is 0. The van der Waals surface area contributed by atoms with E-state index in [2.05, 4.69) is 15.9 Å². The van der Waals surface area contributed by atoms with Crippen molar-refractivity contribution in [2.75, 3.05) is 6.61 Å². The quantitative estimate of drug-likeness (QED) is 0.403. The number of halogens is 1. The molecular weight excluding hydrogens is 424 g/mol. The van der Waals surface area contributed by atoms with Gasteiger partial charge in [0.25, 0.3) is 0 Å². The zero-order valence-corrected chi connectivity index (χ0v) is 16.5. The molecule has 4 rings (SSSR count). The van der Waals surface area contributed by atoms with E-state index in [-0.39, 0.29) is 23.9 Å². The van der Waals surface area contributed by atoms with Crippen LogP contribution in [0.1, 0.15) is 32.0 Å². The molecule has 6 heteroatoms. The summed E-state index contributed by atoms with van der Waals surface area (Å²) in [6.07, 6.45) is 3.08. The molecule has 0 saturated heterocycles. The second kappa shape index (κ2) is 7.48. The number of furan rings is 1. The van der Waals surface area contributed by atoms with Gasteiger partial charge in [0.05, 0.1) is 11.8 Å². The molecule has 1 aromatic heterocycles. The van der Waals surface area contributed by atoms with Crippen LogP contribution in [0.15, 0.2) is 69.4 Å². The average molecular weight is 439 g/mol. The Morgan fingerprint density at radius 1 is 1.18 bits per heavy atom. The van der Waals surface area contributed by atoms with Crippen LogP contribution >= 0.6 is 15.9 Å². The maximum atomic E-state index is 12.6. The van der Waals surface area contributed by atoms with Crippen LogP contribution in [-0.2, 0) is 0 Å². The number of carbonyl (C=O) groups is 2. The molecule has 3 aromatic rings. The first-order valence-electron chi connectivity index (χ1n) is 8.55. The summed E-state index contributed by atoms with van der Waals surface area (Å²) in [5.74, 6) is 1.26. The fourth-order valence-corrected chi connectivity index (χ4v) is 3.20. The van der Waals surface area contributed by atoms with Gasteiger partial charge >= 0.3 is 0 Å². The maximum Gasteiger partial charge on any atom is 0.232 e. The first-order valence-corrected chi connectivity index (χ1v) is 9.34. The maximum absolute atomic E-state index is 12.6. The number of hydrogen-bond acceptors (Lipinski definition) is 5. The van der Waals surface area contributed by atoms with Crippen LogP contribution in [0.5, 0.6) is 11.5 Å². The zero-order chi connectivity index (χ0) is 19.7. The van der Waals surface area contributed by atoms with Gasteiger partial charge in [-0.1, -0.05) is 28.1 Å². The Hall–Kier alpha value is -3.12. The molecule has 0 aliphatic carbocycles. The van der Waals surface area contributed by atoms with Crippen molar-refractivity contribution in [3.8, 4) is 11.5 Å². The van der Waals surface area contributed by atoms with Crippen LogP contribution in [0.25, 0.3) is 6.08 Å². The minimum atomic E-state index is -0.207. The van der Waals surface area contributed by atoms with Crippen LogP contribution < -0.4 is 9.47 Å². The number of hydrogen-bond donors (Lipinski definition) is 0. The van der Waals surface area contributed by atoms with E-state index >= 15 is 0 Å². The van der Waals surface area contributed by atoms with E-state index in [4.69, 9.17) is 13.9 Å². The lowest BCUT2D eigenvalue weighted by atomic mass is 10.0. The van der Waals surface area contributed by atoms with Crippen molar-refractivity contribution in [1.82, 2.24) is 0 Å². The molecule has 2 aromatic carbocycles. The number of aryl methyl sites for hydroxylation is 1. The van der Waals surface area contributed by atoms with Crippen molar-refractivity contribution < 1.29 is 23.5 Å². The lowest BCUT2D eigenvalue weighted by Crippen LogP contribution is -2.11. The van der Waals surface area contributed by atoms with E-state index in [0.29, 0.717) is 28.4 Å². The van der Waals surface area contributed by atoms with Crippen LogP contribution in [0, 0.1) is 6.92 Å². The highest BCUT2D eigenvalue weighted by Gasteiger charge is 2.30. The standard InChI is InChI=1S/C22H15BrO5/c1-13-9-17(27-12-18(24)14-4-6-15(23)7-5-14)11-19-21(13)22(25)20(28-19)10-16-3-2-8-26-16/h2-11H,12H2,1H3/b20-10-. The predicted octanol–water partition coefficient (Wildman–Crippen LogP) is 5.23. The molecule has 0 bridgehead atoms. The molecule has 0 spiro atoms. The van der Waals surface area contributed by atoms with Gasteiger partial charge in [0, 0.05) is 22.2 Å². The third kappa shape index (κ3) is 3.64. The number of ether oxygens (including phenoxy) is 2. The Morgan fingerprint density at radius 3 is 2.68 bits per heavy atom. The summed E-state index contributed by atoms with van der Waals surface area (Å²) in [6, 6.07) is 13.9. The Labute approximate surface area is 169 Å². The smallest absolute Gasteiger partial charge is 0.232 e. The van der Waals surface area contributed by atoms with Crippen molar-refractivity contribution >= 4 is 33.6 Å². The van der Waals surface area contributed by atoms with Crippen molar-refractivity contribution in [3.05, 3.63) is 87.5 Å². The molecule has 28 heavy (non-hydrogen) atoms. The molecule has 1 aliphatic rings. The predicted molar refractivity (Wildman–Crippen MR) is 107 cm³/mol. The largest absolute Gasteiger partial charge is 0.485 e. The van der Waals surface area contributed by atoms with E-state index in [0.717, 1.165) is 10.0 Å². The topological polar surface area (TPSA) is 65.7 Å². The van der Waals surface area contributed by atoms with Crippen LogP contribution in [0.2, 0.25) is 0 Å². The molecule has 0 saturated carbocycles. The average Bonchev–Trinajstić information content (AvgIpc) is 3.29. The lowest BCUT2D eigenvalue weighted by Gasteiger charge is -2.09. The Kier molecular flexibility index (Phi) is 4.88. The van der Waals surface area contributed by atoms with E-state index in [9.17, 15) is 9.59 Å². The molecule has 2 heterocycles. The Balaban J connectivity index is 1.51. The normalized spacial score (nSPS) is 14.1. The second-order valence-corrected chi connectivity index (χ2v) is 7.20. The zero-order valence-electron chi connectivity index (χ0n) is 14.9. The summed E-state index contributed by atoms with van der Waals surface area (Å²) in [5, 5.41) is 0. The number of fused-ring (bicyclic) bond motifs is 1. The minimum Gasteiger partial charge on any atom is -0.485 e.